The number of esters is 1. The zero-order valence-electron chi connectivity index (χ0n) is 14.3. The topological polar surface area (TPSA) is 65.0 Å². The van der Waals surface area contributed by atoms with E-state index in [9.17, 15) is 4.79 Å². The number of thioether (sulfide) groups is 1. The minimum absolute atomic E-state index is 0.248. The molecule has 0 fully saturated rings. The Morgan fingerprint density at radius 1 is 1.28 bits per heavy atom. The summed E-state index contributed by atoms with van der Waals surface area (Å²) in [6.45, 7) is 2.17. The number of hydrogen-bond acceptors (Lipinski definition) is 7. The highest BCUT2D eigenvalue weighted by Gasteiger charge is 2.22. The number of carbonyl (C=O) groups excluding carboxylic acids is 1. The van der Waals surface area contributed by atoms with Crippen molar-refractivity contribution in [2.24, 2.45) is 0 Å². The van der Waals surface area contributed by atoms with Gasteiger partial charge >= 0.3 is 5.97 Å². The normalized spacial score (nSPS) is 14.0. The molecular formula is C18H19N3O2S2. The van der Waals surface area contributed by atoms with E-state index in [1.165, 1.54) is 53.9 Å². The van der Waals surface area contributed by atoms with Gasteiger partial charge in [0.05, 0.1) is 23.1 Å². The summed E-state index contributed by atoms with van der Waals surface area (Å²) in [6.07, 6.45) is 7.24. The van der Waals surface area contributed by atoms with Crippen molar-refractivity contribution in [1.82, 2.24) is 15.0 Å². The van der Waals surface area contributed by atoms with Gasteiger partial charge in [0, 0.05) is 11.1 Å². The van der Waals surface area contributed by atoms with Gasteiger partial charge in [0.15, 0.2) is 0 Å². The third kappa shape index (κ3) is 2.89. The Labute approximate surface area is 154 Å². The second kappa shape index (κ2) is 6.88. The molecule has 25 heavy (non-hydrogen) atoms. The lowest BCUT2D eigenvalue weighted by Gasteiger charge is -2.19. The highest BCUT2D eigenvalue weighted by Crippen LogP contribution is 2.41. The van der Waals surface area contributed by atoms with Crippen molar-refractivity contribution in [3.8, 4) is 0 Å². The number of rotatable bonds is 4. The first-order valence-electron chi connectivity index (χ1n) is 8.50. The molecule has 0 aliphatic heterocycles. The highest BCUT2D eigenvalue weighted by molar-refractivity contribution is 8.00. The number of methoxy groups -OCH3 is 1. The summed E-state index contributed by atoms with van der Waals surface area (Å²) in [5, 5.41) is 2.04. The molecule has 0 unspecified atom stereocenters. The molecule has 3 heterocycles. The third-order valence-corrected chi connectivity index (χ3v) is 6.84. The summed E-state index contributed by atoms with van der Waals surface area (Å²) >= 11 is 3.04. The van der Waals surface area contributed by atoms with E-state index in [2.05, 4.69) is 16.9 Å². The lowest BCUT2D eigenvalue weighted by molar-refractivity contribution is -0.137. The van der Waals surface area contributed by atoms with Crippen LogP contribution in [0.3, 0.4) is 0 Å². The van der Waals surface area contributed by atoms with E-state index >= 15 is 0 Å². The number of aromatic nitrogens is 3. The maximum Gasteiger partial charge on any atom is 0.316 e. The average molecular weight is 374 g/mol. The first-order chi connectivity index (χ1) is 12.2. The van der Waals surface area contributed by atoms with Crippen LogP contribution in [0.25, 0.3) is 20.4 Å². The molecule has 0 radical (unpaired) electrons. The zero-order chi connectivity index (χ0) is 17.4. The van der Waals surface area contributed by atoms with Gasteiger partial charge in [-0.2, -0.15) is 0 Å². The molecule has 0 amide bonds. The van der Waals surface area contributed by atoms with Crippen molar-refractivity contribution < 1.29 is 9.53 Å². The number of carbonyl (C=O) groups is 1. The maximum atomic E-state index is 11.5. The monoisotopic (exact) mass is 373 g/mol. The molecule has 0 N–H and O–H groups in total. The van der Waals surface area contributed by atoms with Crippen molar-refractivity contribution in [1.29, 1.82) is 0 Å². The molecule has 0 bridgehead atoms. The Hall–Kier alpha value is -1.73. The van der Waals surface area contributed by atoms with E-state index in [1.54, 1.807) is 17.7 Å². The van der Waals surface area contributed by atoms with E-state index in [1.807, 2.05) is 0 Å². The summed E-state index contributed by atoms with van der Waals surface area (Å²) in [5.41, 5.74) is 5.08. The van der Waals surface area contributed by atoms with Gasteiger partial charge in [0.1, 0.15) is 16.2 Å². The zero-order valence-corrected chi connectivity index (χ0v) is 15.9. The number of ether oxygens (including phenoxy) is 1. The second-order valence-corrected chi connectivity index (χ2v) is 8.04. The van der Waals surface area contributed by atoms with Gasteiger partial charge < -0.3 is 4.74 Å². The van der Waals surface area contributed by atoms with Gasteiger partial charge in [-0.3, -0.25) is 4.79 Å². The lowest BCUT2D eigenvalue weighted by Crippen LogP contribution is -2.08. The maximum absolute atomic E-state index is 11.5. The van der Waals surface area contributed by atoms with Crippen LogP contribution in [0.4, 0.5) is 0 Å². The van der Waals surface area contributed by atoms with Crippen LogP contribution >= 0.6 is 23.1 Å². The van der Waals surface area contributed by atoms with Crippen molar-refractivity contribution in [3.63, 3.8) is 0 Å². The molecule has 0 spiro atoms. The second-order valence-electron chi connectivity index (χ2n) is 6.08. The van der Waals surface area contributed by atoms with Crippen LogP contribution < -0.4 is 0 Å². The van der Waals surface area contributed by atoms with Gasteiger partial charge in [0.25, 0.3) is 0 Å². The molecular weight excluding hydrogens is 354 g/mol. The summed E-state index contributed by atoms with van der Waals surface area (Å²) in [4.78, 5) is 26.4. The van der Waals surface area contributed by atoms with E-state index < -0.39 is 0 Å². The minimum atomic E-state index is -0.248. The molecule has 3 aromatic heterocycles. The van der Waals surface area contributed by atoms with E-state index in [-0.39, 0.29) is 11.7 Å². The Bertz CT molecular complexity index is 968. The largest absolute Gasteiger partial charge is 0.468 e. The molecule has 7 heteroatoms. The highest BCUT2D eigenvalue weighted by atomic mass is 32.2. The smallest absolute Gasteiger partial charge is 0.316 e. The van der Waals surface area contributed by atoms with Crippen LogP contribution in [-0.4, -0.2) is 33.8 Å². The predicted molar refractivity (Wildman–Crippen MR) is 101 cm³/mol. The number of hydrogen-bond donors (Lipinski definition) is 0. The molecule has 0 atom stereocenters. The average Bonchev–Trinajstić information content (AvgIpc) is 3.04. The Kier molecular flexibility index (Phi) is 4.60. The van der Waals surface area contributed by atoms with Gasteiger partial charge in [-0.25, -0.2) is 15.0 Å². The quantitative estimate of drug-likeness (QED) is 0.392. The Morgan fingerprint density at radius 2 is 2.08 bits per heavy atom. The van der Waals surface area contributed by atoms with Crippen molar-refractivity contribution in [2.75, 3.05) is 12.9 Å². The molecule has 1 aliphatic rings. The molecule has 0 aromatic carbocycles. The molecule has 3 aromatic rings. The molecule has 1 aliphatic carbocycles. The predicted octanol–water partition coefficient (Wildman–Crippen LogP) is 3.95. The van der Waals surface area contributed by atoms with Gasteiger partial charge in [0.2, 0.25) is 0 Å². The van der Waals surface area contributed by atoms with Crippen LogP contribution in [-0.2, 0) is 28.8 Å². The number of nitrogens with zero attached hydrogens (tertiary/aromatic N) is 3. The lowest BCUT2D eigenvalue weighted by atomic mass is 9.88. The van der Waals surface area contributed by atoms with Crippen molar-refractivity contribution >= 4 is 49.5 Å². The summed E-state index contributed by atoms with van der Waals surface area (Å²) < 4.78 is 5.76. The van der Waals surface area contributed by atoms with Crippen LogP contribution in [0.1, 0.15) is 36.6 Å². The van der Waals surface area contributed by atoms with E-state index in [4.69, 9.17) is 9.72 Å². The van der Waals surface area contributed by atoms with Crippen LogP contribution in [0.2, 0.25) is 0 Å². The fourth-order valence-electron chi connectivity index (χ4n) is 3.50. The fraction of sp³-hybridized carbons (Fsp3) is 0.444. The summed E-state index contributed by atoms with van der Waals surface area (Å²) in [7, 11) is 1.40. The molecule has 0 saturated heterocycles. The van der Waals surface area contributed by atoms with Crippen LogP contribution in [0, 0.1) is 0 Å². The Morgan fingerprint density at radius 3 is 2.84 bits per heavy atom. The van der Waals surface area contributed by atoms with Gasteiger partial charge in [-0.1, -0.05) is 18.7 Å². The van der Waals surface area contributed by atoms with Gasteiger partial charge in [-0.15, -0.1) is 11.3 Å². The number of fused-ring (bicyclic) bond motifs is 5. The fourth-order valence-corrected chi connectivity index (χ4v) is 5.58. The number of thiophene rings is 1. The van der Waals surface area contributed by atoms with E-state index in [0.717, 1.165) is 39.3 Å². The molecule has 5 nitrogen and oxygen atoms in total. The van der Waals surface area contributed by atoms with Crippen LogP contribution in [0.15, 0.2) is 11.4 Å². The van der Waals surface area contributed by atoms with Crippen LogP contribution in [0.5, 0.6) is 0 Å². The van der Waals surface area contributed by atoms with Gasteiger partial charge in [-0.05, 0) is 43.2 Å². The third-order valence-electron chi connectivity index (χ3n) is 4.66. The standard InChI is InChI=1S/C18H19N3O2S2/c1-3-12-10-6-4-5-7-11(10)14-15-16(25-17(14)21-12)18(20-9-19-15)24-8-13(22)23-2/h9H,3-8H2,1-2H3. The number of aryl methyl sites for hydroxylation is 2. The summed E-state index contributed by atoms with van der Waals surface area (Å²) in [5.74, 6) is 0.00411. The van der Waals surface area contributed by atoms with E-state index in [0.29, 0.717) is 0 Å². The number of pyridine rings is 1. The van der Waals surface area contributed by atoms with Crippen molar-refractivity contribution in [3.05, 3.63) is 23.1 Å². The SMILES string of the molecule is CCc1nc2sc3c(SCC(=O)OC)ncnc3c2c2c1CCCC2. The molecule has 130 valence electrons. The molecule has 0 saturated carbocycles. The minimum Gasteiger partial charge on any atom is -0.468 e. The molecule has 4 rings (SSSR count). The first kappa shape index (κ1) is 16.7. The first-order valence-corrected chi connectivity index (χ1v) is 10.3. The Balaban J connectivity index is 1.91. The van der Waals surface area contributed by atoms with Crippen molar-refractivity contribution in [2.45, 2.75) is 44.1 Å². The summed E-state index contributed by atoms with van der Waals surface area (Å²) in [6, 6.07) is 0.